The van der Waals surface area contributed by atoms with Crippen molar-refractivity contribution in [1.82, 2.24) is 0 Å². The lowest BCUT2D eigenvalue weighted by Gasteiger charge is -3.25. The van der Waals surface area contributed by atoms with Gasteiger partial charge in [-0.1, -0.05) is 6.92 Å². The third-order valence-electron chi connectivity index (χ3n) is 17.9. The van der Waals surface area contributed by atoms with Crippen LogP contribution in [-0.2, 0) is 0 Å². The molecule has 6 spiro atoms. The summed E-state index contributed by atoms with van der Waals surface area (Å²) in [5.41, 5.74) is 6.49. The molecular weight excluding hydrogens is 300 g/mol. The molecule has 0 bridgehead atoms. The monoisotopic (exact) mass is 324 g/mol. The summed E-state index contributed by atoms with van der Waals surface area (Å²) in [5.74, 6) is 19.8. The van der Waals surface area contributed by atoms with E-state index >= 15 is 0 Å². The summed E-state index contributed by atoms with van der Waals surface area (Å²) < 4.78 is 0. The Hall–Kier alpha value is 0. The summed E-state index contributed by atoms with van der Waals surface area (Å²) >= 11 is 0. The molecule has 0 aromatic rings. The molecule has 14 aliphatic carbocycles. The molecule has 124 valence electrons. The van der Waals surface area contributed by atoms with E-state index in [4.69, 9.17) is 0 Å². The van der Waals surface area contributed by atoms with Crippen LogP contribution in [0.1, 0.15) is 26.2 Å². The zero-order chi connectivity index (χ0) is 14.8. The molecule has 14 aliphatic rings. The van der Waals surface area contributed by atoms with E-state index in [0.717, 1.165) is 38.4 Å². The van der Waals surface area contributed by atoms with E-state index in [2.05, 4.69) is 6.92 Å². The van der Waals surface area contributed by atoms with Crippen LogP contribution in [0.15, 0.2) is 0 Å². The summed E-state index contributed by atoms with van der Waals surface area (Å²) in [6, 6.07) is 0. The third-order valence-corrected chi connectivity index (χ3v) is 17.9. The van der Waals surface area contributed by atoms with E-state index in [1.807, 2.05) is 0 Å². The lowest BCUT2D eigenvalue weighted by atomic mass is 8.78. The van der Waals surface area contributed by atoms with Gasteiger partial charge in [0, 0.05) is 0 Å². The quantitative estimate of drug-likeness (QED) is 0.639. The largest absolute Gasteiger partial charge is 0.0622 e. The van der Waals surface area contributed by atoms with Crippen molar-refractivity contribution in [2.45, 2.75) is 26.2 Å². The van der Waals surface area contributed by atoms with Gasteiger partial charge < -0.3 is 0 Å². The lowest BCUT2D eigenvalue weighted by molar-refractivity contribution is -0.792. The van der Waals surface area contributed by atoms with E-state index in [1.165, 1.54) is 82.9 Å². The Morgan fingerprint density at radius 3 is 2.00 bits per heavy atom. The highest BCUT2D eigenvalue weighted by atomic mass is 15.4. The average Bonchev–Trinajstić information content (AvgIpc) is 3.04. The second kappa shape index (κ2) is 1.80. The molecule has 14 fully saturated rings. The molecule has 0 aromatic carbocycles. The van der Waals surface area contributed by atoms with Crippen molar-refractivity contribution in [2.75, 3.05) is 0 Å². The fourth-order valence-corrected chi connectivity index (χ4v) is 20.4. The molecule has 14 rings (SSSR count). The summed E-state index contributed by atoms with van der Waals surface area (Å²) in [6.07, 6.45) is 5.11. The first-order chi connectivity index (χ1) is 12.3. The molecule has 0 aromatic heterocycles. The minimum absolute atomic E-state index is 1.05. The number of rotatable bonds is 0. The zero-order valence-corrected chi connectivity index (χ0v) is 14.8. The summed E-state index contributed by atoms with van der Waals surface area (Å²) in [6.45, 7) is 2.65. The second-order valence-corrected chi connectivity index (χ2v) is 14.8. The topological polar surface area (TPSA) is 0 Å². The van der Waals surface area contributed by atoms with Gasteiger partial charge in [-0.25, -0.2) is 0 Å². The molecule has 0 radical (unpaired) electrons. The van der Waals surface area contributed by atoms with E-state index in [9.17, 15) is 0 Å². The van der Waals surface area contributed by atoms with Gasteiger partial charge in [-0.3, -0.25) is 0 Å². The molecule has 0 heteroatoms. The van der Waals surface area contributed by atoms with Crippen molar-refractivity contribution in [3.8, 4) is 0 Å². The predicted octanol–water partition coefficient (Wildman–Crippen LogP) is 3.53. The van der Waals surface area contributed by atoms with Crippen LogP contribution in [0.3, 0.4) is 0 Å². The number of hydrogen-bond donors (Lipinski definition) is 0. The molecule has 0 aliphatic heterocycles. The maximum absolute atomic E-state index is 2.65. The van der Waals surface area contributed by atoms with Crippen LogP contribution >= 0.6 is 0 Å². The van der Waals surface area contributed by atoms with Gasteiger partial charge in [0.05, 0.1) is 0 Å². The van der Waals surface area contributed by atoms with Crippen molar-refractivity contribution >= 4 is 0 Å². The first kappa shape index (κ1) is 9.97. The van der Waals surface area contributed by atoms with Gasteiger partial charge >= 0.3 is 0 Å². The first-order valence-corrected chi connectivity index (χ1v) is 12.3. The molecule has 21 unspecified atom stereocenters. The highest BCUT2D eigenvalue weighted by molar-refractivity contribution is 5.77. The summed E-state index contributed by atoms with van der Waals surface area (Å²) in [7, 11) is 0. The van der Waals surface area contributed by atoms with Crippen LogP contribution in [0.4, 0.5) is 0 Å². The van der Waals surface area contributed by atoms with Crippen molar-refractivity contribution in [3.63, 3.8) is 0 Å². The van der Waals surface area contributed by atoms with E-state index in [-0.39, 0.29) is 0 Å². The van der Waals surface area contributed by atoms with Crippen molar-refractivity contribution in [2.24, 2.45) is 121 Å². The Morgan fingerprint density at radius 2 is 1.24 bits per heavy atom. The summed E-state index contributed by atoms with van der Waals surface area (Å²) in [4.78, 5) is 0. The van der Waals surface area contributed by atoms with Gasteiger partial charge in [0.15, 0.2) is 0 Å². The van der Waals surface area contributed by atoms with Crippen LogP contribution in [0, 0.1) is 121 Å². The smallest absolute Gasteiger partial charge is 0.00931 e. The maximum atomic E-state index is 2.65. The number of fused-ring (bicyclic) bond motifs is 11. The van der Waals surface area contributed by atoms with Crippen LogP contribution in [-0.4, -0.2) is 0 Å². The Bertz CT molecular complexity index is 1070. The Labute approximate surface area is 147 Å². The minimum atomic E-state index is 1.05. The molecule has 25 heavy (non-hydrogen) atoms. The van der Waals surface area contributed by atoms with Crippen LogP contribution in [0.5, 0.6) is 0 Å². The van der Waals surface area contributed by atoms with Crippen molar-refractivity contribution in [3.05, 3.63) is 0 Å². The van der Waals surface area contributed by atoms with Gasteiger partial charge in [-0.2, -0.15) is 0 Å². The molecule has 0 nitrogen and oxygen atoms in total. The summed E-state index contributed by atoms with van der Waals surface area (Å²) in [5, 5.41) is 0. The zero-order valence-electron chi connectivity index (χ0n) is 14.8. The van der Waals surface area contributed by atoms with E-state index in [0.29, 0.717) is 0 Å². The molecule has 0 N–H and O–H groups in total. The van der Waals surface area contributed by atoms with Crippen molar-refractivity contribution < 1.29 is 0 Å². The molecule has 0 amide bonds. The predicted molar refractivity (Wildman–Crippen MR) is 86.5 cm³/mol. The van der Waals surface area contributed by atoms with Crippen LogP contribution in [0.2, 0.25) is 0 Å². The SMILES string of the molecule is CC1CC2C1C13C2C2C4C5C6C7CC8CC9C%10C%11C%12C1C23C4%12C5%11C6%10C879. The molecular formula is C25H24. The minimum Gasteiger partial charge on any atom is -0.0622 e. The molecule has 0 saturated heterocycles. The van der Waals surface area contributed by atoms with Crippen LogP contribution < -0.4 is 0 Å². The average molecular weight is 324 g/mol. The highest BCUT2D eigenvalue weighted by Gasteiger charge is 3.32. The Kier molecular flexibility index (Phi) is 0.718. The number of hydrogen-bond acceptors (Lipinski definition) is 0. The molecule has 21 atom stereocenters. The third kappa shape index (κ3) is 0.332. The van der Waals surface area contributed by atoms with Gasteiger partial charge in [0.1, 0.15) is 0 Å². The van der Waals surface area contributed by atoms with E-state index < -0.39 is 0 Å². The standard InChI is InChI=1S/C25H24/c1-5-2-7-10(5)21-11(7)14-17-15-12-8-3-6-4-9-13-16-18-19(21)25(14,21)24(17,18)23(15,16)22(12,13)20(6,8)9/h5-19H,2-4H2,1H3. The Balaban J connectivity index is 1.10. The van der Waals surface area contributed by atoms with Crippen molar-refractivity contribution in [1.29, 1.82) is 0 Å². The molecule has 0 heterocycles. The van der Waals surface area contributed by atoms with Gasteiger partial charge in [-0.05, 0) is 141 Å². The lowest BCUT2D eigenvalue weighted by Crippen LogP contribution is -3.22. The van der Waals surface area contributed by atoms with Gasteiger partial charge in [0.2, 0.25) is 0 Å². The second-order valence-electron chi connectivity index (χ2n) is 14.8. The van der Waals surface area contributed by atoms with Gasteiger partial charge in [0.25, 0.3) is 0 Å². The first-order valence-electron chi connectivity index (χ1n) is 12.3. The fourth-order valence-electron chi connectivity index (χ4n) is 20.4. The van der Waals surface area contributed by atoms with E-state index in [1.54, 1.807) is 19.3 Å². The fraction of sp³-hybridized carbons (Fsp3) is 1.00. The maximum Gasteiger partial charge on any atom is -0.00931 e. The Morgan fingerprint density at radius 1 is 0.560 bits per heavy atom. The van der Waals surface area contributed by atoms with Gasteiger partial charge in [-0.15, -0.1) is 0 Å². The highest BCUT2D eigenvalue weighted by Crippen LogP contribution is 3.34. The van der Waals surface area contributed by atoms with Crippen LogP contribution in [0.25, 0.3) is 0 Å². The normalized spacial score (nSPS) is 114. The molecule has 14 saturated carbocycles.